The maximum absolute atomic E-state index is 12.9. The Labute approximate surface area is 175 Å². The molecule has 5 rings (SSSR count). The lowest BCUT2D eigenvalue weighted by atomic mass is 10.1. The molecule has 0 radical (unpaired) electrons. The Kier molecular flexibility index (Phi) is 4.74. The van der Waals surface area contributed by atoms with Crippen LogP contribution in [0, 0.1) is 0 Å². The van der Waals surface area contributed by atoms with Gasteiger partial charge in [-0.15, -0.1) is 0 Å². The van der Waals surface area contributed by atoms with E-state index in [-0.39, 0.29) is 5.91 Å². The van der Waals surface area contributed by atoms with Gasteiger partial charge in [-0.05, 0) is 54.8 Å². The van der Waals surface area contributed by atoms with Crippen molar-refractivity contribution in [3.05, 3.63) is 63.1 Å². The number of rotatable bonds is 3. The first-order valence-corrected chi connectivity index (χ1v) is 10.7. The van der Waals surface area contributed by atoms with Crippen LogP contribution in [-0.4, -0.2) is 47.9 Å². The molecule has 0 spiro atoms. The molecular weight excluding hydrogens is 393 g/mol. The SMILES string of the molecule is O=C1c2c(Cl)cc(N3CCN4CCCC4C3)cc2CN1Cc1ccc(Cl)cc1. The van der Waals surface area contributed by atoms with Crippen molar-refractivity contribution in [1.29, 1.82) is 0 Å². The van der Waals surface area contributed by atoms with E-state index >= 15 is 0 Å². The summed E-state index contributed by atoms with van der Waals surface area (Å²) in [5, 5.41) is 1.28. The van der Waals surface area contributed by atoms with Gasteiger partial charge in [0.1, 0.15) is 0 Å². The van der Waals surface area contributed by atoms with Crippen LogP contribution in [0.3, 0.4) is 0 Å². The molecule has 4 nitrogen and oxygen atoms in total. The van der Waals surface area contributed by atoms with Crippen molar-refractivity contribution >= 4 is 34.8 Å². The maximum Gasteiger partial charge on any atom is 0.256 e. The summed E-state index contributed by atoms with van der Waals surface area (Å²) in [6, 6.07) is 12.5. The van der Waals surface area contributed by atoms with Gasteiger partial charge in [-0.2, -0.15) is 0 Å². The summed E-state index contributed by atoms with van der Waals surface area (Å²) in [7, 11) is 0. The summed E-state index contributed by atoms with van der Waals surface area (Å²) < 4.78 is 0. The average Bonchev–Trinajstić information content (AvgIpc) is 3.28. The number of benzene rings is 2. The predicted molar refractivity (Wildman–Crippen MR) is 113 cm³/mol. The van der Waals surface area contributed by atoms with Gasteiger partial charge in [-0.3, -0.25) is 9.69 Å². The molecule has 3 aliphatic rings. The third kappa shape index (κ3) is 3.28. The summed E-state index contributed by atoms with van der Waals surface area (Å²) >= 11 is 12.6. The van der Waals surface area contributed by atoms with Crippen molar-refractivity contribution in [1.82, 2.24) is 9.80 Å². The van der Waals surface area contributed by atoms with Crippen LogP contribution < -0.4 is 4.90 Å². The molecule has 146 valence electrons. The van der Waals surface area contributed by atoms with Crippen molar-refractivity contribution in [2.45, 2.75) is 32.0 Å². The van der Waals surface area contributed by atoms with Crippen LogP contribution in [0.4, 0.5) is 5.69 Å². The van der Waals surface area contributed by atoms with E-state index in [1.807, 2.05) is 35.2 Å². The van der Waals surface area contributed by atoms with Crippen molar-refractivity contribution in [2.24, 2.45) is 0 Å². The predicted octanol–water partition coefficient (Wildman–Crippen LogP) is 4.43. The highest BCUT2D eigenvalue weighted by Crippen LogP contribution is 2.36. The van der Waals surface area contributed by atoms with Gasteiger partial charge in [0.15, 0.2) is 0 Å². The molecule has 2 aromatic carbocycles. The van der Waals surface area contributed by atoms with Crippen molar-refractivity contribution in [3.8, 4) is 0 Å². The Balaban J connectivity index is 1.36. The lowest BCUT2D eigenvalue weighted by Gasteiger charge is -2.39. The zero-order chi connectivity index (χ0) is 19.3. The average molecular weight is 416 g/mol. The third-order valence-corrected chi connectivity index (χ3v) is 6.81. The molecule has 3 aliphatic heterocycles. The fourth-order valence-corrected chi connectivity index (χ4v) is 5.23. The number of hydrogen-bond donors (Lipinski definition) is 0. The molecule has 0 saturated carbocycles. The van der Waals surface area contributed by atoms with Crippen molar-refractivity contribution < 1.29 is 4.79 Å². The number of piperazine rings is 1. The number of halogens is 2. The first-order chi connectivity index (χ1) is 13.6. The van der Waals surface area contributed by atoms with Crippen LogP contribution in [-0.2, 0) is 13.1 Å². The Bertz CT molecular complexity index is 915. The van der Waals surface area contributed by atoms with Gasteiger partial charge in [-0.25, -0.2) is 0 Å². The Morgan fingerprint density at radius 2 is 1.86 bits per heavy atom. The van der Waals surface area contributed by atoms with Crippen LogP contribution in [0.2, 0.25) is 10.0 Å². The largest absolute Gasteiger partial charge is 0.369 e. The van der Waals surface area contributed by atoms with Gasteiger partial charge in [0.2, 0.25) is 0 Å². The van der Waals surface area contributed by atoms with E-state index < -0.39 is 0 Å². The molecule has 2 fully saturated rings. The molecule has 1 atom stereocenters. The number of nitrogens with zero attached hydrogens (tertiary/aromatic N) is 3. The van der Waals surface area contributed by atoms with Gasteiger partial charge >= 0.3 is 0 Å². The second-order valence-corrected chi connectivity index (χ2v) is 8.87. The molecule has 0 aliphatic carbocycles. The quantitative estimate of drug-likeness (QED) is 0.741. The Morgan fingerprint density at radius 3 is 2.68 bits per heavy atom. The van der Waals surface area contributed by atoms with Gasteiger partial charge in [0.25, 0.3) is 5.91 Å². The lowest BCUT2D eigenvalue weighted by Crippen LogP contribution is -2.50. The van der Waals surface area contributed by atoms with Crippen LogP contribution in [0.25, 0.3) is 0 Å². The minimum atomic E-state index is 0.0158. The third-order valence-electron chi connectivity index (χ3n) is 6.26. The fourth-order valence-electron chi connectivity index (χ4n) is 4.79. The smallest absolute Gasteiger partial charge is 0.256 e. The normalized spacial score (nSPS) is 21.9. The number of hydrogen-bond acceptors (Lipinski definition) is 3. The van der Waals surface area contributed by atoms with E-state index in [0.29, 0.717) is 34.7 Å². The maximum atomic E-state index is 12.9. The van der Waals surface area contributed by atoms with E-state index in [4.69, 9.17) is 23.2 Å². The second-order valence-electron chi connectivity index (χ2n) is 8.03. The van der Waals surface area contributed by atoms with Gasteiger partial charge in [0, 0.05) is 49.5 Å². The summed E-state index contributed by atoms with van der Waals surface area (Å²) in [4.78, 5) is 19.8. The minimum absolute atomic E-state index is 0.0158. The minimum Gasteiger partial charge on any atom is -0.369 e. The summed E-state index contributed by atoms with van der Waals surface area (Å²) in [6.45, 7) is 5.59. The molecule has 1 unspecified atom stereocenters. The number of carbonyl (C=O) groups excluding carboxylic acids is 1. The molecule has 2 saturated heterocycles. The zero-order valence-electron chi connectivity index (χ0n) is 15.7. The fraction of sp³-hybridized carbons (Fsp3) is 0.409. The monoisotopic (exact) mass is 415 g/mol. The highest BCUT2D eigenvalue weighted by atomic mass is 35.5. The molecule has 0 aromatic heterocycles. The molecule has 28 heavy (non-hydrogen) atoms. The molecule has 3 heterocycles. The van der Waals surface area contributed by atoms with Crippen LogP contribution >= 0.6 is 23.2 Å². The van der Waals surface area contributed by atoms with E-state index in [2.05, 4.69) is 15.9 Å². The molecule has 0 bridgehead atoms. The molecule has 6 heteroatoms. The number of anilines is 1. The summed E-state index contributed by atoms with van der Waals surface area (Å²) in [5.41, 5.74) is 3.92. The van der Waals surface area contributed by atoms with Crippen molar-refractivity contribution in [2.75, 3.05) is 31.1 Å². The standard InChI is InChI=1S/C22H23Cl2N3O/c23-17-5-3-15(4-6-17)12-27-13-16-10-19(11-20(24)21(16)22(27)28)26-9-8-25-7-1-2-18(25)14-26/h3-6,10-11,18H,1-2,7-9,12-14H2. The van der Waals surface area contributed by atoms with E-state index in [1.54, 1.807) is 0 Å². The van der Waals surface area contributed by atoms with Gasteiger partial charge < -0.3 is 9.80 Å². The molecule has 1 amide bonds. The van der Waals surface area contributed by atoms with E-state index in [1.165, 1.54) is 19.4 Å². The first-order valence-electron chi connectivity index (χ1n) is 9.93. The number of amides is 1. The van der Waals surface area contributed by atoms with Crippen molar-refractivity contribution in [3.63, 3.8) is 0 Å². The molecular formula is C22H23Cl2N3O. The van der Waals surface area contributed by atoms with Crippen LogP contribution in [0.1, 0.15) is 34.3 Å². The van der Waals surface area contributed by atoms with Gasteiger partial charge in [-0.1, -0.05) is 35.3 Å². The van der Waals surface area contributed by atoms with E-state index in [9.17, 15) is 4.79 Å². The van der Waals surface area contributed by atoms with Crippen LogP contribution in [0.15, 0.2) is 36.4 Å². The van der Waals surface area contributed by atoms with E-state index in [0.717, 1.165) is 36.4 Å². The van der Waals surface area contributed by atoms with Crippen LogP contribution in [0.5, 0.6) is 0 Å². The second kappa shape index (κ2) is 7.25. The number of carbonyl (C=O) groups is 1. The lowest BCUT2D eigenvalue weighted by molar-refractivity contribution is 0.0767. The zero-order valence-corrected chi connectivity index (χ0v) is 17.2. The number of fused-ring (bicyclic) bond motifs is 2. The molecule has 0 N–H and O–H groups in total. The highest BCUT2D eigenvalue weighted by Gasteiger charge is 2.33. The van der Waals surface area contributed by atoms with Gasteiger partial charge in [0.05, 0.1) is 10.6 Å². The molecule has 2 aromatic rings. The summed E-state index contributed by atoms with van der Waals surface area (Å²) in [6.07, 6.45) is 2.58. The Hall–Kier alpha value is -1.75. The summed E-state index contributed by atoms with van der Waals surface area (Å²) in [5.74, 6) is 0.0158. The Morgan fingerprint density at radius 1 is 1.04 bits per heavy atom. The topological polar surface area (TPSA) is 26.8 Å². The first kappa shape index (κ1) is 18.3. The highest BCUT2D eigenvalue weighted by molar-refractivity contribution is 6.34.